The minimum atomic E-state index is 0.278. The number of para-hydroxylation sites is 1. The molecular formula is C21H21NO. The van der Waals surface area contributed by atoms with Gasteiger partial charge in [-0.25, -0.2) is 0 Å². The second-order valence-electron chi connectivity index (χ2n) is 6.69. The normalized spacial score (nSPS) is 20.4. The fraction of sp³-hybridized carbons (Fsp3) is 0.238. The Kier molecular flexibility index (Phi) is 3.26. The number of aromatic amines is 1. The van der Waals surface area contributed by atoms with Crippen molar-refractivity contribution in [3.8, 4) is 5.75 Å². The van der Waals surface area contributed by atoms with Gasteiger partial charge in [-0.3, -0.25) is 0 Å². The zero-order chi connectivity index (χ0) is 16.0. The predicted octanol–water partition coefficient (Wildman–Crippen LogP) is 5.14. The fourth-order valence-electron chi connectivity index (χ4n) is 3.89. The van der Waals surface area contributed by atoms with Crippen LogP contribution < -0.4 is 0 Å². The maximum atomic E-state index is 9.88. The van der Waals surface area contributed by atoms with Crippen LogP contribution in [0.15, 0.2) is 60.7 Å². The highest BCUT2D eigenvalue weighted by Gasteiger charge is 2.31. The van der Waals surface area contributed by atoms with Gasteiger partial charge in [-0.1, -0.05) is 42.5 Å². The van der Waals surface area contributed by atoms with Crippen LogP contribution in [0.3, 0.4) is 0 Å². The van der Waals surface area contributed by atoms with E-state index in [1.165, 1.54) is 33.3 Å². The van der Waals surface area contributed by atoms with E-state index in [0.29, 0.717) is 11.7 Å². The highest BCUT2D eigenvalue weighted by Crippen LogP contribution is 2.44. The van der Waals surface area contributed by atoms with Crippen LogP contribution in [0.4, 0.5) is 0 Å². The van der Waals surface area contributed by atoms with E-state index in [0.717, 1.165) is 12.8 Å². The topological polar surface area (TPSA) is 36.0 Å². The van der Waals surface area contributed by atoms with Crippen molar-refractivity contribution in [1.29, 1.82) is 0 Å². The molecule has 1 aliphatic carbocycles. The molecule has 0 amide bonds. The molecule has 0 saturated heterocycles. The van der Waals surface area contributed by atoms with Crippen LogP contribution >= 0.6 is 0 Å². The van der Waals surface area contributed by atoms with E-state index in [9.17, 15) is 5.11 Å². The average Bonchev–Trinajstić information content (AvgIpc) is 2.92. The highest BCUT2D eigenvalue weighted by atomic mass is 16.3. The lowest BCUT2D eigenvalue weighted by molar-refractivity contribution is 0.466. The molecule has 2 heteroatoms. The van der Waals surface area contributed by atoms with Crippen LogP contribution in [0, 0.1) is 5.92 Å². The van der Waals surface area contributed by atoms with Crippen LogP contribution in [0.25, 0.3) is 10.9 Å². The number of aromatic nitrogens is 1. The quantitative estimate of drug-likeness (QED) is 0.631. The maximum absolute atomic E-state index is 9.88. The molecule has 0 fully saturated rings. The Morgan fingerprint density at radius 2 is 2.00 bits per heavy atom. The molecule has 4 rings (SSSR count). The number of allylic oxidation sites excluding steroid dienone is 1. The molecule has 2 atom stereocenters. The van der Waals surface area contributed by atoms with Gasteiger partial charge in [0.2, 0.25) is 0 Å². The zero-order valence-electron chi connectivity index (χ0n) is 13.3. The van der Waals surface area contributed by atoms with E-state index >= 15 is 0 Å². The van der Waals surface area contributed by atoms with E-state index in [1.807, 2.05) is 12.1 Å². The van der Waals surface area contributed by atoms with Gasteiger partial charge in [0.1, 0.15) is 5.75 Å². The first-order chi connectivity index (χ1) is 11.1. The number of hydrogen-bond acceptors (Lipinski definition) is 1. The third kappa shape index (κ3) is 2.35. The number of rotatable bonds is 2. The second-order valence-corrected chi connectivity index (χ2v) is 6.69. The van der Waals surface area contributed by atoms with Gasteiger partial charge >= 0.3 is 0 Å². The molecule has 3 aromatic rings. The van der Waals surface area contributed by atoms with Crippen molar-refractivity contribution < 1.29 is 5.11 Å². The number of phenols is 1. The van der Waals surface area contributed by atoms with Crippen LogP contribution in [0.5, 0.6) is 5.75 Å². The molecule has 2 unspecified atom stereocenters. The minimum Gasteiger partial charge on any atom is -0.508 e. The molecule has 0 spiro atoms. The lowest BCUT2D eigenvalue weighted by Crippen LogP contribution is -2.19. The third-order valence-corrected chi connectivity index (χ3v) is 5.14. The van der Waals surface area contributed by atoms with Crippen molar-refractivity contribution >= 4 is 10.9 Å². The first kappa shape index (κ1) is 14.1. The van der Waals surface area contributed by atoms with Crippen LogP contribution in [0.2, 0.25) is 0 Å². The average molecular weight is 303 g/mol. The summed E-state index contributed by atoms with van der Waals surface area (Å²) >= 11 is 0. The summed E-state index contributed by atoms with van der Waals surface area (Å²) < 4.78 is 0. The Morgan fingerprint density at radius 1 is 1.17 bits per heavy atom. The number of benzene rings is 2. The molecular weight excluding hydrogens is 282 g/mol. The number of nitrogens with one attached hydrogen (secondary N) is 1. The Hall–Kier alpha value is -2.48. The third-order valence-electron chi connectivity index (χ3n) is 5.14. The molecule has 0 aliphatic heterocycles. The predicted molar refractivity (Wildman–Crippen MR) is 94.9 cm³/mol. The molecule has 2 nitrogen and oxygen atoms in total. The first-order valence-corrected chi connectivity index (χ1v) is 8.17. The van der Waals surface area contributed by atoms with E-state index in [1.54, 1.807) is 6.07 Å². The molecule has 0 bridgehead atoms. The summed E-state index contributed by atoms with van der Waals surface area (Å²) in [7, 11) is 0. The van der Waals surface area contributed by atoms with Gasteiger partial charge in [-0.05, 0) is 55.0 Å². The van der Waals surface area contributed by atoms with Crippen LogP contribution in [0.1, 0.15) is 36.1 Å². The molecule has 1 aliphatic rings. The van der Waals surface area contributed by atoms with Crippen molar-refractivity contribution in [2.75, 3.05) is 0 Å². The second kappa shape index (κ2) is 5.31. The van der Waals surface area contributed by atoms with Crippen molar-refractivity contribution in [3.63, 3.8) is 0 Å². The molecule has 23 heavy (non-hydrogen) atoms. The number of fused-ring (bicyclic) bond motifs is 3. The van der Waals surface area contributed by atoms with Gasteiger partial charge in [0.05, 0.1) is 0 Å². The van der Waals surface area contributed by atoms with Gasteiger partial charge in [-0.2, -0.15) is 0 Å². The number of aromatic hydroxyl groups is 1. The highest BCUT2D eigenvalue weighted by molar-refractivity contribution is 5.85. The number of H-pyrrole nitrogens is 1. The van der Waals surface area contributed by atoms with Crippen molar-refractivity contribution in [2.45, 2.75) is 25.7 Å². The zero-order valence-corrected chi connectivity index (χ0v) is 13.3. The summed E-state index contributed by atoms with van der Waals surface area (Å²) in [6.07, 6.45) is 2.09. The lowest BCUT2D eigenvalue weighted by Gasteiger charge is -2.30. The molecule has 0 radical (unpaired) electrons. The van der Waals surface area contributed by atoms with Gasteiger partial charge in [0.15, 0.2) is 0 Å². The number of phenolic OH excluding ortho intramolecular Hbond substituents is 1. The summed E-state index contributed by atoms with van der Waals surface area (Å²) in [5.41, 5.74) is 6.32. The van der Waals surface area contributed by atoms with E-state index in [2.05, 4.69) is 48.8 Å². The summed E-state index contributed by atoms with van der Waals surface area (Å²) in [5, 5.41) is 11.2. The molecule has 1 aromatic heterocycles. The van der Waals surface area contributed by atoms with E-state index < -0.39 is 0 Å². The van der Waals surface area contributed by atoms with Gasteiger partial charge in [-0.15, -0.1) is 0 Å². The monoisotopic (exact) mass is 303 g/mol. The fourth-order valence-corrected chi connectivity index (χ4v) is 3.89. The minimum absolute atomic E-state index is 0.278. The standard InChI is InChI=1S/C21H21NO/c1-13(2)15-11-18(14-6-5-7-16(23)10-14)21-19(12-15)17-8-3-4-9-20(17)22-21/h3-10,15,18,22-23H,1,11-12H2,2H3. The van der Waals surface area contributed by atoms with Gasteiger partial charge < -0.3 is 10.1 Å². The van der Waals surface area contributed by atoms with Gasteiger partial charge in [0, 0.05) is 22.5 Å². The Morgan fingerprint density at radius 3 is 2.78 bits per heavy atom. The summed E-state index contributed by atoms with van der Waals surface area (Å²) in [6, 6.07) is 16.2. The summed E-state index contributed by atoms with van der Waals surface area (Å²) in [5.74, 6) is 1.09. The van der Waals surface area contributed by atoms with Crippen LogP contribution in [-0.2, 0) is 6.42 Å². The molecule has 1 heterocycles. The molecule has 0 saturated carbocycles. The Labute approximate surface area is 136 Å². The SMILES string of the molecule is C=C(C)C1Cc2c([nH]c3ccccc23)C(c2cccc(O)c2)C1. The Balaban J connectivity index is 1.91. The van der Waals surface area contributed by atoms with Gasteiger partial charge in [0.25, 0.3) is 0 Å². The van der Waals surface area contributed by atoms with Crippen LogP contribution in [-0.4, -0.2) is 10.1 Å². The first-order valence-electron chi connectivity index (χ1n) is 8.17. The molecule has 2 N–H and O–H groups in total. The summed E-state index contributed by atoms with van der Waals surface area (Å²) in [4.78, 5) is 3.63. The van der Waals surface area contributed by atoms with E-state index in [-0.39, 0.29) is 5.92 Å². The van der Waals surface area contributed by atoms with Crippen molar-refractivity contribution in [3.05, 3.63) is 77.5 Å². The largest absolute Gasteiger partial charge is 0.508 e. The Bertz CT molecular complexity index is 890. The van der Waals surface area contributed by atoms with E-state index in [4.69, 9.17) is 0 Å². The maximum Gasteiger partial charge on any atom is 0.115 e. The van der Waals surface area contributed by atoms with Crippen molar-refractivity contribution in [2.24, 2.45) is 5.92 Å². The lowest BCUT2D eigenvalue weighted by atomic mass is 9.74. The smallest absolute Gasteiger partial charge is 0.115 e. The molecule has 116 valence electrons. The summed E-state index contributed by atoms with van der Waals surface area (Å²) in [6.45, 7) is 6.33. The number of hydrogen-bond donors (Lipinski definition) is 2. The van der Waals surface area contributed by atoms with Crippen molar-refractivity contribution in [1.82, 2.24) is 4.98 Å². The molecule has 2 aromatic carbocycles.